The van der Waals surface area contributed by atoms with E-state index in [0.717, 1.165) is 24.3 Å². The summed E-state index contributed by atoms with van der Waals surface area (Å²) >= 11 is 0. The molecule has 0 unspecified atom stereocenters. The van der Waals surface area contributed by atoms with Crippen LogP contribution in [0.5, 0.6) is 0 Å². The fourth-order valence-corrected chi connectivity index (χ4v) is 3.07. The highest BCUT2D eigenvalue weighted by atomic mass is 19.4. The van der Waals surface area contributed by atoms with Gasteiger partial charge in [0.2, 0.25) is 0 Å². The summed E-state index contributed by atoms with van der Waals surface area (Å²) in [5.74, 6) is -2.07. The van der Waals surface area contributed by atoms with Gasteiger partial charge in [-0.1, -0.05) is 11.3 Å². The van der Waals surface area contributed by atoms with Gasteiger partial charge in [-0.3, -0.25) is 9.59 Å². The van der Waals surface area contributed by atoms with E-state index in [1.165, 1.54) is 18.2 Å². The molecule has 0 fully saturated rings. The van der Waals surface area contributed by atoms with Gasteiger partial charge in [0.15, 0.2) is 11.4 Å². The van der Waals surface area contributed by atoms with Crippen molar-refractivity contribution in [2.45, 2.75) is 20.0 Å². The Hall–Kier alpha value is -3.76. The van der Waals surface area contributed by atoms with Crippen LogP contribution in [0.2, 0.25) is 0 Å². The molecule has 0 aliphatic rings. The Labute approximate surface area is 180 Å². The lowest BCUT2D eigenvalue weighted by Crippen LogP contribution is -2.30. The number of benzene rings is 2. The highest BCUT2D eigenvalue weighted by Gasteiger charge is 2.42. The fourth-order valence-electron chi connectivity index (χ4n) is 3.07. The summed E-state index contributed by atoms with van der Waals surface area (Å²) in [7, 11) is 0. The predicted molar refractivity (Wildman–Crippen MR) is 108 cm³/mol. The van der Waals surface area contributed by atoms with Crippen molar-refractivity contribution in [3.8, 4) is 5.69 Å². The van der Waals surface area contributed by atoms with E-state index in [1.54, 1.807) is 11.0 Å². The van der Waals surface area contributed by atoms with Gasteiger partial charge in [-0.25, -0.2) is 9.07 Å². The Kier molecular flexibility index (Phi) is 6.56. The zero-order chi connectivity index (χ0) is 23.5. The molecule has 7 nitrogen and oxygen atoms in total. The predicted octanol–water partition coefficient (Wildman–Crippen LogP) is 4.16. The van der Waals surface area contributed by atoms with Crippen LogP contribution in [0.3, 0.4) is 0 Å². The van der Waals surface area contributed by atoms with Crippen LogP contribution >= 0.6 is 0 Å². The molecule has 1 N–H and O–H groups in total. The number of alkyl halides is 3. The van der Waals surface area contributed by atoms with Crippen LogP contribution in [0.1, 0.15) is 40.4 Å². The molecular formula is C21H19F4N5O2. The van der Waals surface area contributed by atoms with Crippen molar-refractivity contribution in [3.05, 3.63) is 71.3 Å². The molecule has 0 bridgehead atoms. The molecule has 2 aromatic carbocycles. The van der Waals surface area contributed by atoms with E-state index in [4.69, 9.17) is 0 Å². The van der Waals surface area contributed by atoms with Gasteiger partial charge in [0.25, 0.3) is 11.8 Å². The SMILES string of the molecule is CCN(CC)C(=O)c1cccc(NC(=O)c2nnn(-c3ccc(F)cc3)c2C(F)(F)F)c1. The molecular weight excluding hydrogens is 430 g/mol. The first-order valence-electron chi connectivity index (χ1n) is 9.65. The summed E-state index contributed by atoms with van der Waals surface area (Å²) in [6, 6.07) is 9.97. The Morgan fingerprint density at radius 2 is 1.72 bits per heavy atom. The maximum Gasteiger partial charge on any atom is 0.435 e. The van der Waals surface area contributed by atoms with Gasteiger partial charge in [-0.15, -0.1) is 5.10 Å². The lowest BCUT2D eigenvalue weighted by Gasteiger charge is -2.19. The highest BCUT2D eigenvalue weighted by Crippen LogP contribution is 2.33. The number of nitrogens with one attached hydrogen (secondary N) is 1. The van der Waals surface area contributed by atoms with Crippen LogP contribution in [0.15, 0.2) is 48.5 Å². The average Bonchev–Trinajstić information content (AvgIpc) is 3.21. The van der Waals surface area contributed by atoms with E-state index in [9.17, 15) is 27.2 Å². The molecule has 0 saturated heterocycles. The minimum absolute atomic E-state index is 0.114. The van der Waals surface area contributed by atoms with E-state index in [-0.39, 0.29) is 22.8 Å². The molecule has 3 rings (SSSR count). The molecule has 0 saturated carbocycles. The molecule has 0 spiro atoms. The normalized spacial score (nSPS) is 11.3. The molecule has 11 heteroatoms. The maximum atomic E-state index is 13.7. The summed E-state index contributed by atoms with van der Waals surface area (Å²) < 4.78 is 54.8. The third-order valence-corrected chi connectivity index (χ3v) is 4.64. The second kappa shape index (κ2) is 9.16. The molecule has 0 aliphatic heterocycles. The number of carbonyl (C=O) groups is 2. The summed E-state index contributed by atoms with van der Waals surface area (Å²) in [6.45, 7) is 4.59. The maximum absolute atomic E-state index is 13.7. The first-order valence-corrected chi connectivity index (χ1v) is 9.65. The van der Waals surface area contributed by atoms with Crippen LogP contribution in [0, 0.1) is 5.82 Å². The van der Waals surface area contributed by atoms with Crippen molar-refractivity contribution < 1.29 is 27.2 Å². The zero-order valence-electron chi connectivity index (χ0n) is 17.2. The van der Waals surface area contributed by atoms with Crippen LogP contribution < -0.4 is 5.32 Å². The number of rotatable bonds is 6. The molecule has 168 valence electrons. The van der Waals surface area contributed by atoms with E-state index in [0.29, 0.717) is 17.8 Å². The number of carbonyl (C=O) groups excluding carboxylic acids is 2. The molecule has 1 aromatic heterocycles. The first kappa shape index (κ1) is 22.9. The van der Waals surface area contributed by atoms with Gasteiger partial charge in [0.1, 0.15) is 5.82 Å². The molecule has 0 aliphatic carbocycles. The number of aromatic nitrogens is 3. The first-order chi connectivity index (χ1) is 15.2. The van der Waals surface area contributed by atoms with E-state index < -0.39 is 29.3 Å². The molecule has 2 amide bonds. The van der Waals surface area contributed by atoms with Gasteiger partial charge < -0.3 is 10.2 Å². The van der Waals surface area contributed by atoms with Crippen LogP contribution in [-0.4, -0.2) is 44.8 Å². The van der Waals surface area contributed by atoms with Crippen LogP contribution in [0.4, 0.5) is 23.2 Å². The molecule has 32 heavy (non-hydrogen) atoms. The standard InChI is InChI=1S/C21H19F4N5O2/c1-3-29(4-2)20(32)13-6-5-7-15(12-13)26-19(31)17-18(21(23,24)25)30(28-27-17)16-10-8-14(22)9-11-16/h5-12H,3-4H2,1-2H3,(H,26,31). The van der Waals surface area contributed by atoms with E-state index >= 15 is 0 Å². The Morgan fingerprint density at radius 3 is 2.31 bits per heavy atom. The minimum atomic E-state index is -4.97. The number of hydrogen-bond donors (Lipinski definition) is 1. The van der Waals surface area contributed by atoms with Crippen molar-refractivity contribution >= 4 is 17.5 Å². The third-order valence-electron chi connectivity index (χ3n) is 4.64. The van der Waals surface area contributed by atoms with Crippen LogP contribution in [0.25, 0.3) is 5.69 Å². The lowest BCUT2D eigenvalue weighted by atomic mass is 10.1. The van der Waals surface area contributed by atoms with E-state index in [1.807, 2.05) is 13.8 Å². The van der Waals surface area contributed by atoms with Crippen molar-refractivity contribution in [1.29, 1.82) is 0 Å². The second-order valence-electron chi connectivity index (χ2n) is 6.69. The van der Waals surface area contributed by atoms with Gasteiger partial charge in [0.05, 0.1) is 5.69 Å². The number of halogens is 4. The van der Waals surface area contributed by atoms with Gasteiger partial charge >= 0.3 is 6.18 Å². The molecule has 1 heterocycles. The van der Waals surface area contributed by atoms with Crippen molar-refractivity contribution in [2.24, 2.45) is 0 Å². The number of nitrogens with zero attached hydrogens (tertiary/aromatic N) is 4. The summed E-state index contributed by atoms with van der Waals surface area (Å²) in [6.07, 6.45) is -4.97. The zero-order valence-corrected chi connectivity index (χ0v) is 17.2. The van der Waals surface area contributed by atoms with Crippen molar-refractivity contribution in [2.75, 3.05) is 18.4 Å². The van der Waals surface area contributed by atoms with Gasteiger partial charge in [-0.2, -0.15) is 13.2 Å². The quantitative estimate of drug-likeness (QED) is 0.573. The topological polar surface area (TPSA) is 80.1 Å². The largest absolute Gasteiger partial charge is 0.435 e. The van der Waals surface area contributed by atoms with Crippen LogP contribution in [-0.2, 0) is 6.18 Å². The van der Waals surface area contributed by atoms with Crippen molar-refractivity contribution in [3.63, 3.8) is 0 Å². The second-order valence-corrected chi connectivity index (χ2v) is 6.69. The fraction of sp³-hybridized carbons (Fsp3) is 0.238. The van der Waals surface area contributed by atoms with Gasteiger partial charge in [0, 0.05) is 24.3 Å². The molecule has 0 atom stereocenters. The van der Waals surface area contributed by atoms with Gasteiger partial charge in [-0.05, 0) is 56.3 Å². The Bertz CT molecular complexity index is 1120. The summed E-state index contributed by atoms with van der Waals surface area (Å²) in [5, 5.41) is 9.17. The average molecular weight is 449 g/mol. The number of anilines is 1. The Balaban J connectivity index is 1.93. The smallest absolute Gasteiger partial charge is 0.339 e. The minimum Gasteiger partial charge on any atom is -0.339 e. The van der Waals surface area contributed by atoms with E-state index in [2.05, 4.69) is 15.6 Å². The third kappa shape index (κ3) is 4.76. The number of amides is 2. The monoisotopic (exact) mass is 449 g/mol. The molecule has 0 radical (unpaired) electrons. The number of hydrogen-bond acceptors (Lipinski definition) is 4. The lowest BCUT2D eigenvalue weighted by molar-refractivity contribution is -0.143. The molecule has 3 aromatic rings. The Morgan fingerprint density at radius 1 is 1.06 bits per heavy atom. The van der Waals surface area contributed by atoms with Crippen molar-refractivity contribution in [1.82, 2.24) is 19.9 Å². The summed E-state index contributed by atoms with van der Waals surface area (Å²) in [4.78, 5) is 26.7. The highest BCUT2D eigenvalue weighted by molar-refractivity contribution is 6.04. The summed E-state index contributed by atoms with van der Waals surface area (Å²) in [5.41, 5.74) is -2.08.